The van der Waals surface area contributed by atoms with E-state index in [1.54, 1.807) is 6.92 Å². The van der Waals surface area contributed by atoms with Crippen LogP contribution in [0.2, 0.25) is 0 Å². The van der Waals surface area contributed by atoms with E-state index in [9.17, 15) is 4.79 Å². The van der Waals surface area contributed by atoms with Crippen LogP contribution in [0.5, 0.6) is 0 Å². The highest BCUT2D eigenvalue weighted by Gasteiger charge is 2.51. The number of ketones is 1. The summed E-state index contributed by atoms with van der Waals surface area (Å²) in [6, 6.07) is 8.03. The first-order valence-corrected chi connectivity index (χ1v) is 7.64. The quantitative estimate of drug-likeness (QED) is 0.799. The van der Waals surface area contributed by atoms with Crippen LogP contribution < -0.4 is 5.46 Å². The standard InChI is InChI=1S/C17H25BO3/c1-7-15(12(2)19)13-8-10-14(11-9-13)18-20-16(3,4)17(5,6)21-18/h8-11,15H,7H2,1-6H3/t15-/m0/s1. The van der Waals surface area contributed by atoms with Crippen molar-refractivity contribution < 1.29 is 14.1 Å². The molecule has 0 radical (unpaired) electrons. The zero-order chi connectivity index (χ0) is 15.8. The van der Waals surface area contributed by atoms with Gasteiger partial charge in [0.1, 0.15) is 5.78 Å². The Morgan fingerprint density at radius 2 is 1.57 bits per heavy atom. The highest BCUT2D eigenvalue weighted by atomic mass is 16.7. The van der Waals surface area contributed by atoms with Gasteiger partial charge in [-0.25, -0.2) is 0 Å². The lowest BCUT2D eigenvalue weighted by atomic mass is 9.78. The summed E-state index contributed by atoms with van der Waals surface area (Å²) < 4.78 is 12.1. The molecule has 0 amide bonds. The van der Waals surface area contributed by atoms with Crippen molar-refractivity contribution in [1.29, 1.82) is 0 Å². The molecule has 0 bridgehead atoms. The fraction of sp³-hybridized carbons (Fsp3) is 0.588. The minimum atomic E-state index is -0.346. The monoisotopic (exact) mass is 288 g/mol. The largest absolute Gasteiger partial charge is 0.494 e. The summed E-state index contributed by atoms with van der Waals surface area (Å²) in [7, 11) is -0.346. The molecule has 1 aliphatic heterocycles. The van der Waals surface area contributed by atoms with Crippen LogP contribution in [0.15, 0.2) is 24.3 Å². The van der Waals surface area contributed by atoms with Crippen LogP contribution in [0.3, 0.4) is 0 Å². The zero-order valence-electron chi connectivity index (χ0n) is 13.9. The van der Waals surface area contributed by atoms with Crippen LogP contribution in [-0.2, 0) is 14.1 Å². The number of carbonyl (C=O) groups excluding carboxylic acids is 1. The molecule has 0 saturated carbocycles. The Morgan fingerprint density at radius 1 is 1.10 bits per heavy atom. The van der Waals surface area contributed by atoms with Gasteiger partial charge in [0, 0.05) is 5.92 Å². The molecular formula is C17H25BO3. The van der Waals surface area contributed by atoms with E-state index in [2.05, 4.69) is 0 Å². The number of benzene rings is 1. The first kappa shape index (κ1) is 16.2. The van der Waals surface area contributed by atoms with Gasteiger partial charge in [0.2, 0.25) is 0 Å². The molecule has 0 N–H and O–H groups in total. The second-order valence-electron chi connectivity index (χ2n) is 6.83. The third kappa shape index (κ3) is 3.07. The molecule has 1 aromatic rings. The number of Topliss-reactive ketones (excluding diaryl/α,β-unsaturated/α-hetero) is 1. The van der Waals surface area contributed by atoms with Gasteiger partial charge in [-0.05, 0) is 52.1 Å². The molecule has 1 saturated heterocycles. The maximum absolute atomic E-state index is 11.6. The lowest BCUT2D eigenvalue weighted by Crippen LogP contribution is -2.41. The molecule has 114 valence electrons. The van der Waals surface area contributed by atoms with E-state index in [-0.39, 0.29) is 30.0 Å². The number of hydrogen-bond donors (Lipinski definition) is 0. The molecule has 1 fully saturated rings. The van der Waals surface area contributed by atoms with Crippen molar-refractivity contribution in [2.75, 3.05) is 0 Å². The SMILES string of the molecule is CC[C@@H](C(C)=O)c1ccc(B2OC(C)(C)C(C)(C)O2)cc1. The van der Waals surface area contributed by atoms with Gasteiger partial charge >= 0.3 is 7.12 Å². The van der Waals surface area contributed by atoms with E-state index in [0.29, 0.717) is 0 Å². The van der Waals surface area contributed by atoms with E-state index >= 15 is 0 Å². The molecular weight excluding hydrogens is 263 g/mol. The van der Waals surface area contributed by atoms with Crippen molar-refractivity contribution in [2.45, 2.75) is 65.1 Å². The minimum absolute atomic E-state index is 0.0163. The molecule has 1 heterocycles. The zero-order valence-corrected chi connectivity index (χ0v) is 13.9. The normalized spacial score (nSPS) is 21.3. The van der Waals surface area contributed by atoms with E-state index in [4.69, 9.17) is 9.31 Å². The van der Waals surface area contributed by atoms with Crippen LogP contribution in [0.25, 0.3) is 0 Å². The third-order valence-electron chi connectivity index (χ3n) is 4.76. The van der Waals surface area contributed by atoms with Crippen molar-refractivity contribution in [2.24, 2.45) is 0 Å². The molecule has 0 unspecified atom stereocenters. The lowest BCUT2D eigenvalue weighted by Gasteiger charge is -2.32. The van der Waals surface area contributed by atoms with Crippen molar-refractivity contribution in [3.8, 4) is 0 Å². The molecule has 1 aromatic carbocycles. The van der Waals surface area contributed by atoms with Crippen LogP contribution in [0.4, 0.5) is 0 Å². The average molecular weight is 288 g/mol. The van der Waals surface area contributed by atoms with E-state index < -0.39 is 0 Å². The first-order valence-electron chi connectivity index (χ1n) is 7.64. The van der Waals surface area contributed by atoms with Gasteiger partial charge in [-0.2, -0.15) is 0 Å². The number of hydrogen-bond acceptors (Lipinski definition) is 3. The van der Waals surface area contributed by atoms with Crippen molar-refractivity contribution in [1.82, 2.24) is 0 Å². The molecule has 3 nitrogen and oxygen atoms in total. The minimum Gasteiger partial charge on any atom is -0.399 e. The topological polar surface area (TPSA) is 35.5 Å². The summed E-state index contributed by atoms with van der Waals surface area (Å²) >= 11 is 0. The van der Waals surface area contributed by atoms with Crippen LogP contribution in [0, 0.1) is 0 Å². The fourth-order valence-electron chi connectivity index (χ4n) is 2.62. The Bertz CT molecular complexity index is 503. The van der Waals surface area contributed by atoms with Gasteiger partial charge in [0.25, 0.3) is 0 Å². The molecule has 1 atom stereocenters. The second-order valence-corrected chi connectivity index (χ2v) is 6.83. The summed E-state index contributed by atoms with van der Waals surface area (Å²) in [6.07, 6.45) is 0.825. The van der Waals surface area contributed by atoms with Crippen molar-refractivity contribution in [3.05, 3.63) is 29.8 Å². The predicted molar refractivity (Wildman–Crippen MR) is 85.9 cm³/mol. The van der Waals surface area contributed by atoms with Gasteiger partial charge in [-0.3, -0.25) is 4.79 Å². The Labute approximate surface area is 128 Å². The first-order chi connectivity index (χ1) is 9.68. The third-order valence-corrected chi connectivity index (χ3v) is 4.76. The maximum Gasteiger partial charge on any atom is 0.494 e. The van der Waals surface area contributed by atoms with Gasteiger partial charge in [-0.1, -0.05) is 31.2 Å². The van der Waals surface area contributed by atoms with Crippen molar-refractivity contribution in [3.63, 3.8) is 0 Å². The Kier molecular flexibility index (Phi) is 4.32. The van der Waals surface area contributed by atoms with Gasteiger partial charge in [-0.15, -0.1) is 0 Å². The average Bonchev–Trinajstić information content (AvgIpc) is 2.59. The molecule has 1 aliphatic rings. The number of rotatable bonds is 4. The van der Waals surface area contributed by atoms with Gasteiger partial charge in [0.15, 0.2) is 0 Å². The highest BCUT2D eigenvalue weighted by molar-refractivity contribution is 6.62. The summed E-state index contributed by atoms with van der Waals surface area (Å²) in [5.41, 5.74) is 1.39. The Hall–Kier alpha value is -1.13. The molecule has 4 heteroatoms. The number of carbonyl (C=O) groups is 1. The summed E-state index contributed by atoms with van der Waals surface area (Å²) in [5, 5.41) is 0. The van der Waals surface area contributed by atoms with Crippen LogP contribution >= 0.6 is 0 Å². The van der Waals surface area contributed by atoms with Crippen LogP contribution in [0.1, 0.15) is 59.4 Å². The molecule has 0 aromatic heterocycles. The van der Waals surface area contributed by atoms with Crippen molar-refractivity contribution >= 4 is 18.4 Å². The van der Waals surface area contributed by atoms with Gasteiger partial charge < -0.3 is 9.31 Å². The predicted octanol–water partition coefficient (Wildman–Crippen LogP) is 3.07. The maximum atomic E-state index is 11.6. The Morgan fingerprint density at radius 3 is 1.95 bits per heavy atom. The van der Waals surface area contributed by atoms with Crippen LogP contribution in [-0.4, -0.2) is 24.1 Å². The Balaban J connectivity index is 2.19. The van der Waals surface area contributed by atoms with E-state index in [0.717, 1.165) is 17.4 Å². The summed E-state index contributed by atoms with van der Waals surface area (Å²) in [5.74, 6) is 0.193. The molecule has 21 heavy (non-hydrogen) atoms. The molecule has 0 aliphatic carbocycles. The highest BCUT2D eigenvalue weighted by Crippen LogP contribution is 2.36. The fourth-order valence-corrected chi connectivity index (χ4v) is 2.62. The summed E-state index contributed by atoms with van der Waals surface area (Å²) in [4.78, 5) is 11.6. The second kappa shape index (κ2) is 5.58. The lowest BCUT2D eigenvalue weighted by molar-refractivity contribution is -0.118. The van der Waals surface area contributed by atoms with Gasteiger partial charge in [0.05, 0.1) is 11.2 Å². The molecule has 2 rings (SSSR count). The van der Waals surface area contributed by atoms with E-state index in [1.807, 2.05) is 58.9 Å². The summed E-state index contributed by atoms with van der Waals surface area (Å²) in [6.45, 7) is 11.9. The molecule has 0 spiro atoms. The smallest absolute Gasteiger partial charge is 0.399 e. The van der Waals surface area contributed by atoms with E-state index in [1.165, 1.54) is 0 Å².